The Bertz CT molecular complexity index is 473. The van der Waals surface area contributed by atoms with Crippen LogP contribution < -0.4 is 0 Å². The standard InChI is InChI=1S/C12H15NO3S/c1-9(14)13-6-4-10-2-3-12(17(15)16)8-11(10)5-7-13/h2-3,8H,4-7H2,1H3,(H,15,16)/p-1. The molecule has 1 atom stereocenters. The highest BCUT2D eigenvalue weighted by atomic mass is 32.2. The van der Waals surface area contributed by atoms with Crippen LogP contribution in [0.25, 0.3) is 0 Å². The molecule has 5 heteroatoms. The molecule has 0 saturated heterocycles. The van der Waals surface area contributed by atoms with E-state index in [1.807, 2.05) is 6.07 Å². The van der Waals surface area contributed by atoms with Crippen LogP contribution >= 0.6 is 0 Å². The molecule has 1 heterocycles. The number of carbonyl (C=O) groups is 1. The summed E-state index contributed by atoms with van der Waals surface area (Å²) in [5.74, 6) is 0.0745. The van der Waals surface area contributed by atoms with Gasteiger partial charge in [0.15, 0.2) is 0 Å². The fraction of sp³-hybridized carbons (Fsp3) is 0.417. The van der Waals surface area contributed by atoms with Gasteiger partial charge >= 0.3 is 0 Å². The summed E-state index contributed by atoms with van der Waals surface area (Å²) in [7, 11) is 0. The van der Waals surface area contributed by atoms with Crippen molar-refractivity contribution in [3.8, 4) is 0 Å². The van der Waals surface area contributed by atoms with Crippen molar-refractivity contribution in [1.82, 2.24) is 4.90 Å². The van der Waals surface area contributed by atoms with E-state index in [9.17, 15) is 13.6 Å². The van der Waals surface area contributed by atoms with E-state index < -0.39 is 11.1 Å². The van der Waals surface area contributed by atoms with Crippen LogP contribution in [0.3, 0.4) is 0 Å². The largest absolute Gasteiger partial charge is 0.768 e. The molecule has 0 radical (unpaired) electrons. The maximum Gasteiger partial charge on any atom is 0.219 e. The summed E-state index contributed by atoms with van der Waals surface area (Å²) in [5, 5.41) is 0. The minimum absolute atomic E-state index is 0.0745. The minimum atomic E-state index is -2.18. The van der Waals surface area contributed by atoms with E-state index in [0.29, 0.717) is 18.0 Å². The molecule has 0 saturated carbocycles. The molecule has 1 aliphatic rings. The summed E-state index contributed by atoms with van der Waals surface area (Å²) < 4.78 is 21.8. The molecule has 0 bridgehead atoms. The Labute approximate surface area is 103 Å². The van der Waals surface area contributed by atoms with E-state index in [2.05, 4.69) is 0 Å². The Kier molecular flexibility index (Phi) is 3.59. The molecule has 1 unspecified atom stereocenters. The highest BCUT2D eigenvalue weighted by Gasteiger charge is 2.15. The number of fused-ring (bicyclic) bond motifs is 1. The van der Waals surface area contributed by atoms with Gasteiger partial charge in [0.2, 0.25) is 5.91 Å². The summed E-state index contributed by atoms with van der Waals surface area (Å²) in [5.41, 5.74) is 2.18. The maximum absolute atomic E-state index is 11.3. The highest BCUT2D eigenvalue weighted by Crippen LogP contribution is 2.19. The van der Waals surface area contributed by atoms with Gasteiger partial charge in [0.1, 0.15) is 0 Å². The lowest BCUT2D eigenvalue weighted by atomic mass is 10.0. The molecule has 92 valence electrons. The number of carbonyl (C=O) groups excluding carboxylic acids is 1. The Hall–Kier alpha value is -1.20. The van der Waals surface area contributed by atoms with Gasteiger partial charge in [-0.1, -0.05) is 6.07 Å². The Morgan fingerprint density at radius 2 is 1.94 bits per heavy atom. The summed E-state index contributed by atoms with van der Waals surface area (Å²) >= 11 is -2.18. The zero-order chi connectivity index (χ0) is 12.4. The normalized spacial score (nSPS) is 17.2. The van der Waals surface area contributed by atoms with Gasteiger partial charge in [-0.05, 0) is 47.2 Å². The molecule has 0 spiro atoms. The first-order chi connectivity index (χ1) is 8.08. The first-order valence-electron chi connectivity index (χ1n) is 5.54. The average molecular weight is 252 g/mol. The highest BCUT2D eigenvalue weighted by molar-refractivity contribution is 7.79. The first-order valence-corrected chi connectivity index (χ1v) is 6.62. The van der Waals surface area contributed by atoms with Gasteiger partial charge in [-0.3, -0.25) is 9.00 Å². The number of benzene rings is 1. The molecule has 0 fully saturated rings. The summed E-state index contributed by atoms with van der Waals surface area (Å²) in [6, 6.07) is 5.18. The van der Waals surface area contributed by atoms with Crippen LogP contribution in [0.2, 0.25) is 0 Å². The van der Waals surface area contributed by atoms with Crippen molar-refractivity contribution in [2.45, 2.75) is 24.7 Å². The molecule has 0 aliphatic carbocycles. The van der Waals surface area contributed by atoms with Crippen molar-refractivity contribution >= 4 is 17.0 Å². The third-order valence-corrected chi connectivity index (χ3v) is 3.76. The van der Waals surface area contributed by atoms with Crippen LogP contribution in [-0.2, 0) is 28.7 Å². The molecule has 2 rings (SSSR count). The number of nitrogens with zero attached hydrogens (tertiary/aromatic N) is 1. The van der Waals surface area contributed by atoms with Crippen LogP contribution in [0.4, 0.5) is 0 Å². The molecular weight excluding hydrogens is 238 g/mol. The number of hydrogen-bond acceptors (Lipinski definition) is 3. The van der Waals surface area contributed by atoms with Crippen molar-refractivity contribution in [3.63, 3.8) is 0 Å². The van der Waals surface area contributed by atoms with E-state index in [4.69, 9.17) is 0 Å². The van der Waals surface area contributed by atoms with Crippen LogP contribution in [0, 0.1) is 0 Å². The molecule has 1 amide bonds. The lowest BCUT2D eigenvalue weighted by molar-refractivity contribution is -0.128. The zero-order valence-electron chi connectivity index (χ0n) is 9.64. The van der Waals surface area contributed by atoms with Gasteiger partial charge in [-0.2, -0.15) is 0 Å². The van der Waals surface area contributed by atoms with Gasteiger partial charge in [-0.25, -0.2) is 0 Å². The Balaban J connectivity index is 2.25. The molecule has 4 nitrogen and oxygen atoms in total. The SMILES string of the molecule is CC(=O)N1CCc2ccc(S(=O)[O-])cc2CC1. The molecule has 0 aromatic heterocycles. The van der Waals surface area contributed by atoms with Crippen molar-refractivity contribution in [3.05, 3.63) is 29.3 Å². The Morgan fingerprint density at radius 1 is 1.29 bits per heavy atom. The fourth-order valence-corrected chi connectivity index (χ4v) is 2.54. The number of hydrogen-bond donors (Lipinski definition) is 0. The molecule has 1 aromatic carbocycles. The van der Waals surface area contributed by atoms with Gasteiger partial charge in [0.05, 0.1) is 0 Å². The molecule has 1 aromatic rings. The molecule has 17 heavy (non-hydrogen) atoms. The van der Waals surface area contributed by atoms with Gasteiger partial charge in [0, 0.05) is 24.9 Å². The van der Waals surface area contributed by atoms with Crippen molar-refractivity contribution < 1.29 is 13.6 Å². The summed E-state index contributed by atoms with van der Waals surface area (Å²) in [4.78, 5) is 13.4. The maximum atomic E-state index is 11.3. The second kappa shape index (κ2) is 4.98. The van der Waals surface area contributed by atoms with Crippen LogP contribution in [-0.4, -0.2) is 32.7 Å². The first kappa shape index (κ1) is 12.3. The topological polar surface area (TPSA) is 60.4 Å². The monoisotopic (exact) mass is 252 g/mol. The van der Waals surface area contributed by atoms with Crippen LogP contribution in [0.5, 0.6) is 0 Å². The predicted molar refractivity (Wildman–Crippen MR) is 63.3 cm³/mol. The van der Waals surface area contributed by atoms with Gasteiger partial charge in [-0.15, -0.1) is 0 Å². The fourth-order valence-electron chi connectivity index (χ4n) is 2.12. The van der Waals surface area contributed by atoms with E-state index >= 15 is 0 Å². The van der Waals surface area contributed by atoms with Gasteiger partial charge < -0.3 is 9.45 Å². The van der Waals surface area contributed by atoms with E-state index in [0.717, 1.165) is 24.0 Å². The minimum Gasteiger partial charge on any atom is -0.768 e. The van der Waals surface area contributed by atoms with Crippen LogP contribution in [0.15, 0.2) is 23.1 Å². The van der Waals surface area contributed by atoms with E-state index in [-0.39, 0.29) is 5.91 Å². The second-order valence-corrected chi connectivity index (χ2v) is 5.11. The smallest absolute Gasteiger partial charge is 0.219 e. The summed E-state index contributed by atoms with van der Waals surface area (Å²) in [6.45, 7) is 2.94. The molecule has 0 N–H and O–H groups in total. The van der Waals surface area contributed by atoms with E-state index in [1.165, 1.54) is 0 Å². The average Bonchev–Trinajstić information content (AvgIpc) is 2.50. The third kappa shape index (κ3) is 2.73. The van der Waals surface area contributed by atoms with Crippen molar-refractivity contribution in [1.29, 1.82) is 0 Å². The van der Waals surface area contributed by atoms with Crippen molar-refractivity contribution in [2.75, 3.05) is 13.1 Å². The summed E-state index contributed by atoms with van der Waals surface area (Å²) in [6.07, 6.45) is 1.51. The Morgan fingerprint density at radius 3 is 2.53 bits per heavy atom. The van der Waals surface area contributed by atoms with Crippen molar-refractivity contribution in [2.24, 2.45) is 0 Å². The van der Waals surface area contributed by atoms with E-state index in [1.54, 1.807) is 24.0 Å². The van der Waals surface area contributed by atoms with Gasteiger partial charge in [0.25, 0.3) is 0 Å². The quantitative estimate of drug-likeness (QED) is 0.697. The second-order valence-electron chi connectivity index (χ2n) is 4.17. The van der Waals surface area contributed by atoms with Crippen LogP contribution in [0.1, 0.15) is 18.1 Å². The lowest BCUT2D eigenvalue weighted by Crippen LogP contribution is -2.30. The predicted octanol–water partition coefficient (Wildman–Crippen LogP) is 0.872. The number of amides is 1. The lowest BCUT2D eigenvalue weighted by Gasteiger charge is -2.17. The number of rotatable bonds is 1. The molecule has 1 aliphatic heterocycles. The zero-order valence-corrected chi connectivity index (χ0v) is 10.5. The molecular formula is C12H14NO3S-. The third-order valence-electron chi connectivity index (χ3n) is 3.12.